The summed E-state index contributed by atoms with van der Waals surface area (Å²) in [5.74, 6) is -1.06. The van der Waals surface area contributed by atoms with Crippen molar-refractivity contribution < 1.29 is 18.9 Å². The van der Waals surface area contributed by atoms with E-state index in [1.807, 2.05) is 20.8 Å². The smallest absolute Gasteiger partial charge is 0.292 e. The van der Waals surface area contributed by atoms with E-state index >= 15 is 0 Å². The fraction of sp³-hybridized carbons (Fsp3) is 0.909. The number of methoxy groups -OCH3 is 1. The van der Waals surface area contributed by atoms with E-state index in [-0.39, 0.29) is 5.41 Å². The highest BCUT2D eigenvalue weighted by atomic mass is 16.9. The molecular formula is C22H44O4. The highest BCUT2D eigenvalue weighted by Crippen LogP contribution is 2.46. The van der Waals surface area contributed by atoms with Crippen LogP contribution in [0.1, 0.15) is 86.0 Å². The van der Waals surface area contributed by atoms with Crippen LogP contribution >= 0.6 is 0 Å². The number of hydrogen-bond donors (Lipinski definition) is 0. The van der Waals surface area contributed by atoms with Crippen molar-refractivity contribution in [1.82, 2.24) is 0 Å². The number of allylic oxidation sites excluding steroid dienone is 1. The van der Waals surface area contributed by atoms with Crippen LogP contribution in [-0.2, 0) is 18.9 Å². The monoisotopic (exact) mass is 372 g/mol. The van der Waals surface area contributed by atoms with Gasteiger partial charge < -0.3 is 18.9 Å². The van der Waals surface area contributed by atoms with Crippen LogP contribution in [0, 0.1) is 5.41 Å². The summed E-state index contributed by atoms with van der Waals surface area (Å²) in [4.78, 5) is 0. The van der Waals surface area contributed by atoms with Gasteiger partial charge in [-0.3, -0.25) is 0 Å². The van der Waals surface area contributed by atoms with Gasteiger partial charge in [0.25, 0.3) is 5.97 Å². The summed E-state index contributed by atoms with van der Waals surface area (Å²) in [6.45, 7) is 12.6. The Hall–Kier alpha value is -0.420. The standard InChI is InChI=1S/C22H44O4/c1-7-12-13-14-15-16-18-21(17-8-2,19-20-23-6)22(24-9-3,25-10-4)26-11-5/h8,17H,7,9-16,18-20H2,1-6H3. The van der Waals surface area contributed by atoms with Crippen LogP contribution < -0.4 is 0 Å². The molecular weight excluding hydrogens is 328 g/mol. The van der Waals surface area contributed by atoms with Gasteiger partial charge in [0, 0.05) is 33.5 Å². The highest BCUT2D eigenvalue weighted by Gasteiger charge is 2.52. The van der Waals surface area contributed by atoms with Gasteiger partial charge in [0.2, 0.25) is 0 Å². The van der Waals surface area contributed by atoms with Crippen molar-refractivity contribution >= 4 is 0 Å². The molecule has 0 aliphatic carbocycles. The first-order valence-corrected chi connectivity index (χ1v) is 10.7. The van der Waals surface area contributed by atoms with E-state index in [1.54, 1.807) is 7.11 Å². The van der Waals surface area contributed by atoms with Gasteiger partial charge in [0.15, 0.2) is 0 Å². The zero-order chi connectivity index (χ0) is 19.7. The minimum atomic E-state index is -1.06. The van der Waals surface area contributed by atoms with Crippen molar-refractivity contribution in [2.24, 2.45) is 5.41 Å². The van der Waals surface area contributed by atoms with Crippen LogP contribution in [0.2, 0.25) is 0 Å². The predicted molar refractivity (Wildman–Crippen MR) is 109 cm³/mol. The van der Waals surface area contributed by atoms with Gasteiger partial charge in [0.05, 0.1) is 5.41 Å². The third-order valence-corrected chi connectivity index (χ3v) is 4.83. The van der Waals surface area contributed by atoms with Crippen LogP contribution in [0.4, 0.5) is 0 Å². The summed E-state index contributed by atoms with van der Waals surface area (Å²) in [6.07, 6.45) is 13.7. The Labute approximate surface area is 162 Å². The van der Waals surface area contributed by atoms with Crippen LogP contribution in [0.5, 0.6) is 0 Å². The van der Waals surface area contributed by atoms with Crippen LogP contribution in [0.3, 0.4) is 0 Å². The lowest BCUT2D eigenvalue weighted by molar-refractivity contribution is -0.421. The largest absolute Gasteiger partial charge is 0.385 e. The highest BCUT2D eigenvalue weighted by molar-refractivity contribution is 5.05. The van der Waals surface area contributed by atoms with Gasteiger partial charge in [-0.05, 0) is 40.5 Å². The molecule has 0 saturated carbocycles. The molecule has 4 nitrogen and oxygen atoms in total. The molecule has 156 valence electrons. The lowest BCUT2D eigenvalue weighted by Gasteiger charge is -2.47. The third-order valence-electron chi connectivity index (χ3n) is 4.83. The Morgan fingerprint density at radius 1 is 0.731 bits per heavy atom. The first kappa shape index (κ1) is 25.6. The molecule has 0 saturated heterocycles. The average molecular weight is 373 g/mol. The molecule has 0 aliphatic heterocycles. The van der Waals surface area contributed by atoms with Crippen molar-refractivity contribution in [2.75, 3.05) is 33.5 Å². The molecule has 1 atom stereocenters. The molecule has 0 N–H and O–H groups in total. The fourth-order valence-corrected chi connectivity index (χ4v) is 3.65. The SMILES string of the molecule is CC=CC(CCCCCCCC)(CCOC)C(OCC)(OCC)OCC. The van der Waals surface area contributed by atoms with E-state index in [1.165, 1.54) is 32.1 Å². The molecule has 0 aromatic heterocycles. The van der Waals surface area contributed by atoms with Crippen molar-refractivity contribution in [3.05, 3.63) is 12.2 Å². The Kier molecular flexibility index (Phi) is 15.4. The topological polar surface area (TPSA) is 36.9 Å². The lowest BCUT2D eigenvalue weighted by Crippen LogP contribution is -2.54. The van der Waals surface area contributed by atoms with Gasteiger partial charge in [-0.2, -0.15) is 0 Å². The zero-order valence-corrected chi connectivity index (χ0v) is 18.3. The Balaban J connectivity index is 5.50. The second kappa shape index (κ2) is 15.6. The molecule has 0 radical (unpaired) electrons. The number of ether oxygens (including phenoxy) is 4. The predicted octanol–water partition coefficient (Wildman–Crippen LogP) is 6.10. The van der Waals surface area contributed by atoms with Gasteiger partial charge in [-0.25, -0.2) is 0 Å². The minimum absolute atomic E-state index is 0.357. The van der Waals surface area contributed by atoms with Crippen molar-refractivity contribution in [2.45, 2.75) is 92.0 Å². The van der Waals surface area contributed by atoms with E-state index in [4.69, 9.17) is 18.9 Å². The summed E-state index contributed by atoms with van der Waals surface area (Å²) in [7, 11) is 1.74. The van der Waals surface area contributed by atoms with E-state index < -0.39 is 5.97 Å². The minimum Gasteiger partial charge on any atom is -0.385 e. The number of rotatable bonds is 18. The molecule has 1 unspecified atom stereocenters. The summed E-state index contributed by atoms with van der Waals surface area (Å²) in [5.41, 5.74) is -0.357. The zero-order valence-electron chi connectivity index (χ0n) is 18.3. The lowest BCUT2D eigenvalue weighted by atomic mass is 9.76. The Morgan fingerprint density at radius 2 is 1.27 bits per heavy atom. The van der Waals surface area contributed by atoms with E-state index in [9.17, 15) is 0 Å². The van der Waals surface area contributed by atoms with Crippen molar-refractivity contribution in [3.63, 3.8) is 0 Å². The Bertz CT molecular complexity index is 326. The Morgan fingerprint density at radius 3 is 1.73 bits per heavy atom. The molecule has 0 aromatic rings. The van der Waals surface area contributed by atoms with E-state index in [0.717, 1.165) is 19.3 Å². The molecule has 0 amide bonds. The maximum Gasteiger partial charge on any atom is 0.292 e. The first-order chi connectivity index (χ1) is 12.6. The number of unbranched alkanes of at least 4 members (excludes halogenated alkanes) is 5. The molecule has 0 rings (SSSR count). The van der Waals surface area contributed by atoms with Crippen LogP contribution in [0.15, 0.2) is 12.2 Å². The van der Waals surface area contributed by atoms with Crippen molar-refractivity contribution in [3.8, 4) is 0 Å². The maximum absolute atomic E-state index is 6.17. The van der Waals surface area contributed by atoms with Gasteiger partial charge in [-0.15, -0.1) is 0 Å². The quantitative estimate of drug-likeness (QED) is 0.165. The van der Waals surface area contributed by atoms with Gasteiger partial charge >= 0.3 is 0 Å². The summed E-state index contributed by atoms with van der Waals surface area (Å²) >= 11 is 0. The molecule has 4 heteroatoms. The van der Waals surface area contributed by atoms with Gasteiger partial charge in [-0.1, -0.05) is 57.6 Å². The molecule has 0 heterocycles. The maximum atomic E-state index is 6.17. The van der Waals surface area contributed by atoms with Crippen LogP contribution in [-0.4, -0.2) is 39.5 Å². The second-order valence-corrected chi connectivity index (χ2v) is 6.77. The fourth-order valence-electron chi connectivity index (χ4n) is 3.65. The molecule has 0 spiro atoms. The van der Waals surface area contributed by atoms with E-state index in [2.05, 4.69) is 26.0 Å². The van der Waals surface area contributed by atoms with Crippen LogP contribution in [0.25, 0.3) is 0 Å². The van der Waals surface area contributed by atoms with Crippen molar-refractivity contribution in [1.29, 1.82) is 0 Å². The average Bonchev–Trinajstić information content (AvgIpc) is 2.63. The third kappa shape index (κ3) is 8.08. The molecule has 0 aromatic carbocycles. The summed E-state index contributed by atoms with van der Waals surface area (Å²) in [6, 6.07) is 0. The second-order valence-electron chi connectivity index (χ2n) is 6.77. The molecule has 0 fully saturated rings. The summed E-state index contributed by atoms with van der Waals surface area (Å²) < 4.78 is 23.9. The molecule has 26 heavy (non-hydrogen) atoms. The molecule has 0 aliphatic rings. The first-order valence-electron chi connectivity index (χ1n) is 10.7. The normalized spacial score (nSPS) is 14.8. The molecule has 0 bridgehead atoms. The summed E-state index contributed by atoms with van der Waals surface area (Å²) in [5, 5.41) is 0. The van der Waals surface area contributed by atoms with E-state index in [0.29, 0.717) is 26.4 Å². The van der Waals surface area contributed by atoms with Gasteiger partial charge in [0.1, 0.15) is 0 Å². The number of hydrogen-bond acceptors (Lipinski definition) is 4.